The topological polar surface area (TPSA) is 54.9 Å². The molecule has 0 saturated carbocycles. The lowest BCUT2D eigenvalue weighted by atomic mass is 10.1. The van der Waals surface area contributed by atoms with Crippen LogP contribution in [0.25, 0.3) is 11.1 Å². The van der Waals surface area contributed by atoms with Crippen LogP contribution in [0.4, 0.5) is 0 Å². The first-order valence-electron chi connectivity index (χ1n) is 6.56. The Balaban J connectivity index is 2.65. The predicted molar refractivity (Wildman–Crippen MR) is 89.5 cm³/mol. The van der Waals surface area contributed by atoms with Crippen molar-refractivity contribution in [3.05, 3.63) is 55.8 Å². The summed E-state index contributed by atoms with van der Waals surface area (Å²) in [6.07, 6.45) is 1.95. The van der Waals surface area contributed by atoms with E-state index in [9.17, 15) is 9.59 Å². The number of benzene rings is 1. The third-order valence-corrected chi connectivity index (χ3v) is 4.53. The minimum atomic E-state index is -0.470. The van der Waals surface area contributed by atoms with E-state index in [0.29, 0.717) is 17.7 Å². The minimum absolute atomic E-state index is 0.0867. The van der Waals surface area contributed by atoms with E-state index in [-0.39, 0.29) is 16.0 Å². The molecule has 0 radical (unpaired) electrons. The van der Waals surface area contributed by atoms with Gasteiger partial charge in [-0.2, -0.15) is 11.8 Å². The number of halogens is 1. The van der Waals surface area contributed by atoms with Crippen molar-refractivity contribution in [2.45, 2.75) is 25.6 Å². The Hall–Kier alpha value is -1.46. The van der Waals surface area contributed by atoms with E-state index in [1.54, 1.807) is 11.8 Å². The molecule has 112 valence electrons. The first-order valence-corrected chi connectivity index (χ1v) is 8.23. The van der Waals surface area contributed by atoms with E-state index in [0.717, 1.165) is 5.56 Å². The highest BCUT2D eigenvalue weighted by Gasteiger charge is 2.16. The van der Waals surface area contributed by atoms with E-state index in [1.807, 2.05) is 44.4 Å². The van der Waals surface area contributed by atoms with E-state index in [2.05, 4.69) is 4.98 Å². The van der Waals surface area contributed by atoms with Crippen LogP contribution in [0.1, 0.15) is 12.5 Å². The number of rotatable bonds is 4. The normalized spacial score (nSPS) is 12.4. The van der Waals surface area contributed by atoms with Gasteiger partial charge in [0.2, 0.25) is 0 Å². The van der Waals surface area contributed by atoms with Crippen molar-refractivity contribution in [3.63, 3.8) is 0 Å². The van der Waals surface area contributed by atoms with Crippen molar-refractivity contribution in [2.75, 3.05) is 6.26 Å². The molecule has 1 N–H and O–H groups in total. The SMILES string of the molecule is CSC(C)Cn1c(=O)[nH]c(Cl)c(-c2cccc(C)c2)c1=O. The molecule has 0 bridgehead atoms. The molecular weight excluding hydrogens is 308 g/mol. The molecule has 1 aromatic heterocycles. The van der Waals surface area contributed by atoms with E-state index in [1.165, 1.54) is 4.57 Å². The van der Waals surface area contributed by atoms with Crippen LogP contribution in [0.3, 0.4) is 0 Å². The molecule has 0 aliphatic rings. The van der Waals surface area contributed by atoms with Crippen molar-refractivity contribution < 1.29 is 0 Å². The fourth-order valence-corrected chi connectivity index (χ4v) is 2.66. The van der Waals surface area contributed by atoms with Crippen LogP contribution >= 0.6 is 23.4 Å². The monoisotopic (exact) mass is 324 g/mol. The zero-order valence-electron chi connectivity index (χ0n) is 12.1. The molecule has 1 aromatic carbocycles. The summed E-state index contributed by atoms with van der Waals surface area (Å²) in [5.41, 5.74) is 1.26. The van der Waals surface area contributed by atoms with Crippen LogP contribution in [0, 0.1) is 6.92 Å². The fourth-order valence-electron chi connectivity index (χ4n) is 2.09. The highest BCUT2D eigenvalue weighted by Crippen LogP contribution is 2.22. The summed E-state index contributed by atoms with van der Waals surface area (Å²) in [6, 6.07) is 7.50. The van der Waals surface area contributed by atoms with Gasteiger partial charge >= 0.3 is 5.69 Å². The fraction of sp³-hybridized carbons (Fsp3) is 0.333. The van der Waals surface area contributed by atoms with Gasteiger partial charge in [0, 0.05) is 11.8 Å². The van der Waals surface area contributed by atoms with Crippen LogP contribution < -0.4 is 11.2 Å². The molecule has 2 rings (SSSR count). The van der Waals surface area contributed by atoms with Crippen LogP contribution in [0.15, 0.2) is 33.9 Å². The number of hydrogen-bond donors (Lipinski definition) is 1. The van der Waals surface area contributed by atoms with Gasteiger partial charge in [0.15, 0.2) is 0 Å². The maximum absolute atomic E-state index is 12.6. The van der Waals surface area contributed by atoms with Crippen molar-refractivity contribution in [1.82, 2.24) is 9.55 Å². The van der Waals surface area contributed by atoms with Gasteiger partial charge in [-0.05, 0) is 18.7 Å². The Morgan fingerprint density at radius 2 is 2.10 bits per heavy atom. The number of aromatic nitrogens is 2. The zero-order valence-corrected chi connectivity index (χ0v) is 13.7. The molecule has 21 heavy (non-hydrogen) atoms. The lowest BCUT2D eigenvalue weighted by Gasteiger charge is -2.12. The van der Waals surface area contributed by atoms with Crippen molar-refractivity contribution in [2.24, 2.45) is 0 Å². The van der Waals surface area contributed by atoms with Crippen LogP contribution in [0.5, 0.6) is 0 Å². The Kier molecular flexibility index (Phi) is 4.96. The third-order valence-electron chi connectivity index (χ3n) is 3.29. The van der Waals surface area contributed by atoms with Gasteiger partial charge in [-0.15, -0.1) is 0 Å². The van der Waals surface area contributed by atoms with Gasteiger partial charge in [-0.25, -0.2) is 4.79 Å². The molecule has 1 atom stereocenters. The van der Waals surface area contributed by atoms with Gasteiger partial charge in [0.25, 0.3) is 5.56 Å². The largest absolute Gasteiger partial charge is 0.329 e. The molecule has 1 unspecified atom stereocenters. The molecule has 0 fully saturated rings. The average Bonchev–Trinajstić information content (AvgIpc) is 2.43. The smallest absolute Gasteiger partial charge is 0.297 e. The van der Waals surface area contributed by atoms with Crippen LogP contribution in [0.2, 0.25) is 5.15 Å². The van der Waals surface area contributed by atoms with Crippen LogP contribution in [-0.4, -0.2) is 21.1 Å². The highest BCUT2D eigenvalue weighted by atomic mass is 35.5. The maximum atomic E-state index is 12.6. The Morgan fingerprint density at radius 3 is 2.71 bits per heavy atom. The van der Waals surface area contributed by atoms with Gasteiger partial charge in [-0.1, -0.05) is 48.4 Å². The number of thioether (sulfide) groups is 1. The van der Waals surface area contributed by atoms with Crippen LogP contribution in [-0.2, 0) is 6.54 Å². The molecular formula is C15H17ClN2O2S. The lowest BCUT2D eigenvalue weighted by molar-refractivity contribution is 0.627. The summed E-state index contributed by atoms with van der Waals surface area (Å²) in [4.78, 5) is 27.2. The van der Waals surface area contributed by atoms with Crippen molar-refractivity contribution >= 4 is 23.4 Å². The average molecular weight is 325 g/mol. The van der Waals surface area contributed by atoms with E-state index >= 15 is 0 Å². The molecule has 6 heteroatoms. The second-order valence-electron chi connectivity index (χ2n) is 4.95. The molecule has 0 saturated heterocycles. The van der Waals surface area contributed by atoms with Crippen molar-refractivity contribution in [3.8, 4) is 11.1 Å². The summed E-state index contributed by atoms with van der Waals surface area (Å²) in [7, 11) is 0. The second-order valence-corrected chi connectivity index (χ2v) is 6.60. The Bertz CT molecular complexity index is 767. The lowest BCUT2D eigenvalue weighted by Crippen LogP contribution is -2.38. The summed E-state index contributed by atoms with van der Waals surface area (Å²) in [5, 5.41) is 0.249. The number of aryl methyl sites for hydroxylation is 1. The number of nitrogens with one attached hydrogen (secondary N) is 1. The zero-order chi connectivity index (χ0) is 15.6. The van der Waals surface area contributed by atoms with Gasteiger partial charge in [0.05, 0.1) is 5.56 Å². The van der Waals surface area contributed by atoms with Gasteiger partial charge < -0.3 is 0 Å². The predicted octanol–water partition coefficient (Wildman–Crippen LogP) is 2.92. The molecule has 0 spiro atoms. The quantitative estimate of drug-likeness (QED) is 0.880. The molecule has 0 aliphatic heterocycles. The third kappa shape index (κ3) is 3.41. The summed E-state index contributed by atoms with van der Waals surface area (Å²) < 4.78 is 1.21. The van der Waals surface area contributed by atoms with Gasteiger partial charge in [-0.3, -0.25) is 14.3 Å². The number of H-pyrrole nitrogens is 1. The maximum Gasteiger partial charge on any atom is 0.329 e. The summed E-state index contributed by atoms with van der Waals surface area (Å²) in [6.45, 7) is 4.26. The Morgan fingerprint density at radius 1 is 1.38 bits per heavy atom. The Labute approximate surface area is 132 Å². The molecule has 0 amide bonds. The highest BCUT2D eigenvalue weighted by molar-refractivity contribution is 7.99. The number of nitrogens with zero attached hydrogens (tertiary/aromatic N) is 1. The molecule has 1 heterocycles. The summed E-state index contributed by atoms with van der Waals surface area (Å²) in [5.74, 6) is 0. The van der Waals surface area contributed by atoms with E-state index in [4.69, 9.17) is 11.6 Å². The van der Waals surface area contributed by atoms with E-state index < -0.39 is 5.69 Å². The van der Waals surface area contributed by atoms with Crippen molar-refractivity contribution in [1.29, 1.82) is 0 Å². The summed E-state index contributed by atoms with van der Waals surface area (Å²) >= 11 is 7.69. The molecule has 2 aromatic rings. The first-order chi connectivity index (χ1) is 9.93. The van der Waals surface area contributed by atoms with Gasteiger partial charge in [0.1, 0.15) is 5.15 Å². The minimum Gasteiger partial charge on any atom is -0.297 e. The standard InChI is InChI=1S/C15H17ClN2O2S/c1-9-5-4-6-11(7-9)12-13(16)17-15(20)18(14(12)19)8-10(2)21-3/h4-7,10H,8H2,1-3H3,(H,17,20). The molecule has 4 nitrogen and oxygen atoms in total. The first kappa shape index (κ1) is 15.9. The number of hydrogen-bond acceptors (Lipinski definition) is 3. The second kappa shape index (κ2) is 6.54. The number of aromatic amines is 1. The molecule has 0 aliphatic carbocycles.